The monoisotopic (exact) mass is 323 g/mol. The van der Waals surface area contributed by atoms with Crippen molar-refractivity contribution in [2.45, 2.75) is 25.4 Å². The zero-order valence-electron chi connectivity index (χ0n) is 12.2. The van der Waals surface area contributed by atoms with Gasteiger partial charge in [-0.3, -0.25) is 5.41 Å². The van der Waals surface area contributed by atoms with Crippen molar-refractivity contribution in [1.82, 2.24) is 9.78 Å². The van der Waals surface area contributed by atoms with Crippen LogP contribution in [0.1, 0.15) is 24.0 Å². The summed E-state index contributed by atoms with van der Waals surface area (Å²) in [6, 6.07) is 4.89. The molecule has 2 heterocycles. The lowest BCUT2D eigenvalue weighted by Gasteiger charge is -2.07. The van der Waals surface area contributed by atoms with Gasteiger partial charge in [0.15, 0.2) is 0 Å². The third-order valence-electron chi connectivity index (χ3n) is 3.84. The van der Waals surface area contributed by atoms with Crippen molar-refractivity contribution in [3.63, 3.8) is 0 Å². The zero-order valence-corrected chi connectivity index (χ0v) is 12.2. The lowest BCUT2D eigenvalue weighted by atomic mass is 10.0. The first kappa shape index (κ1) is 15.4. The van der Waals surface area contributed by atoms with E-state index in [1.807, 2.05) is 0 Å². The number of aromatic nitrogens is 2. The molecule has 1 aromatic heterocycles. The topological polar surface area (TPSA) is 79.7 Å². The van der Waals surface area contributed by atoms with Gasteiger partial charge in [0.05, 0.1) is 11.3 Å². The van der Waals surface area contributed by atoms with Crippen molar-refractivity contribution in [3.8, 4) is 11.3 Å². The Bertz CT molecular complexity index is 731. The summed E-state index contributed by atoms with van der Waals surface area (Å²) in [6.45, 7) is 0.748. The molecule has 0 aliphatic carbocycles. The lowest BCUT2D eigenvalue weighted by molar-refractivity contribution is -0.137. The van der Waals surface area contributed by atoms with Gasteiger partial charge in [0, 0.05) is 17.7 Å². The van der Waals surface area contributed by atoms with E-state index in [1.165, 1.54) is 16.8 Å². The van der Waals surface area contributed by atoms with E-state index >= 15 is 0 Å². The van der Waals surface area contributed by atoms with Gasteiger partial charge < -0.3 is 11.1 Å². The minimum atomic E-state index is -4.37. The maximum Gasteiger partial charge on any atom is 0.416 e. The van der Waals surface area contributed by atoms with E-state index in [2.05, 4.69) is 10.4 Å². The molecule has 23 heavy (non-hydrogen) atoms. The molecule has 0 atom stereocenters. The first-order valence-corrected chi connectivity index (χ1v) is 7.25. The number of anilines is 1. The summed E-state index contributed by atoms with van der Waals surface area (Å²) in [5.41, 5.74) is 6.89. The Morgan fingerprint density at radius 1 is 1.22 bits per heavy atom. The molecule has 0 radical (unpaired) electrons. The van der Waals surface area contributed by atoms with Gasteiger partial charge in [-0.05, 0) is 31.4 Å². The van der Waals surface area contributed by atoms with Crippen LogP contribution in [0.5, 0.6) is 0 Å². The van der Waals surface area contributed by atoms with E-state index in [0.29, 0.717) is 17.1 Å². The summed E-state index contributed by atoms with van der Waals surface area (Å²) in [5.74, 6) is 0.429. The van der Waals surface area contributed by atoms with Gasteiger partial charge in [-0.15, -0.1) is 0 Å². The normalized spacial score (nSPS) is 14.7. The molecular formula is C15H16F3N5. The van der Waals surface area contributed by atoms with E-state index in [-0.39, 0.29) is 5.96 Å². The van der Waals surface area contributed by atoms with Crippen LogP contribution in [0.25, 0.3) is 11.3 Å². The van der Waals surface area contributed by atoms with Crippen molar-refractivity contribution in [2.24, 2.45) is 5.73 Å². The molecular weight excluding hydrogens is 307 g/mol. The van der Waals surface area contributed by atoms with Gasteiger partial charge in [0.1, 0.15) is 5.82 Å². The number of nitrogens with zero attached hydrogens (tertiary/aromatic N) is 2. The molecule has 0 unspecified atom stereocenters. The predicted molar refractivity (Wildman–Crippen MR) is 81.4 cm³/mol. The third kappa shape index (κ3) is 2.88. The average molecular weight is 323 g/mol. The van der Waals surface area contributed by atoms with Crippen molar-refractivity contribution in [3.05, 3.63) is 35.4 Å². The first-order valence-electron chi connectivity index (χ1n) is 7.25. The number of alkyl halides is 3. The fraction of sp³-hybridized carbons (Fsp3) is 0.333. The highest BCUT2D eigenvalue weighted by Crippen LogP contribution is 2.34. The molecule has 2 aromatic rings. The molecule has 5 nitrogen and oxygen atoms in total. The minimum absolute atomic E-state index is 0.228. The molecule has 1 aliphatic rings. The summed E-state index contributed by atoms with van der Waals surface area (Å²) in [7, 11) is 0. The molecule has 0 spiro atoms. The van der Waals surface area contributed by atoms with Gasteiger partial charge in [0.2, 0.25) is 5.96 Å². The number of nitrogens with two attached hydrogens (primary N) is 1. The smallest absolute Gasteiger partial charge is 0.370 e. The molecule has 3 rings (SSSR count). The van der Waals surface area contributed by atoms with Crippen molar-refractivity contribution < 1.29 is 13.2 Å². The standard InChI is InChI=1S/C15H16F3N5/c16-15(17,18)10-6-4-9(5-7-10)12-11-3-1-2-8-21-13(11)23(22-12)14(19)20/h4-7,21H,1-3,8H2,(H3,19,20). The fourth-order valence-electron chi connectivity index (χ4n) is 2.73. The SMILES string of the molecule is N=C(N)n1nc(-c2ccc(C(F)(F)F)cc2)c2c1NCCCC2. The highest BCUT2D eigenvalue weighted by Gasteiger charge is 2.30. The average Bonchev–Trinajstić information content (AvgIpc) is 2.69. The number of rotatable bonds is 1. The van der Waals surface area contributed by atoms with Crippen LogP contribution in [0.3, 0.4) is 0 Å². The molecule has 0 saturated heterocycles. The van der Waals surface area contributed by atoms with Crippen LogP contribution in [0.15, 0.2) is 24.3 Å². The molecule has 0 saturated carbocycles. The number of hydrogen-bond donors (Lipinski definition) is 3. The molecule has 4 N–H and O–H groups in total. The zero-order chi connectivity index (χ0) is 16.6. The summed E-state index contributed by atoms with van der Waals surface area (Å²) < 4.78 is 39.4. The Morgan fingerprint density at radius 2 is 1.91 bits per heavy atom. The Hall–Kier alpha value is -2.51. The highest BCUT2D eigenvalue weighted by atomic mass is 19.4. The number of nitrogens with one attached hydrogen (secondary N) is 2. The molecule has 0 bridgehead atoms. The quantitative estimate of drug-likeness (QED) is 0.557. The van der Waals surface area contributed by atoms with E-state index in [1.54, 1.807) is 0 Å². The van der Waals surface area contributed by atoms with Crippen LogP contribution in [0.2, 0.25) is 0 Å². The van der Waals surface area contributed by atoms with Gasteiger partial charge in [-0.2, -0.15) is 23.0 Å². The van der Waals surface area contributed by atoms with Gasteiger partial charge >= 0.3 is 6.18 Å². The van der Waals surface area contributed by atoms with Gasteiger partial charge in [0.25, 0.3) is 0 Å². The van der Waals surface area contributed by atoms with Crippen molar-refractivity contribution in [2.75, 3.05) is 11.9 Å². The summed E-state index contributed by atoms with van der Waals surface area (Å²) in [4.78, 5) is 0. The molecule has 8 heteroatoms. The van der Waals surface area contributed by atoms with E-state index in [0.717, 1.165) is 43.5 Å². The first-order chi connectivity index (χ1) is 10.9. The Balaban J connectivity index is 2.07. The van der Waals surface area contributed by atoms with E-state index < -0.39 is 11.7 Å². The summed E-state index contributed by atoms with van der Waals surface area (Å²) in [5, 5.41) is 15.1. The molecule has 0 fully saturated rings. The van der Waals surface area contributed by atoms with E-state index in [9.17, 15) is 13.2 Å². The van der Waals surface area contributed by atoms with Crippen LogP contribution in [-0.4, -0.2) is 22.3 Å². The lowest BCUT2D eigenvalue weighted by Crippen LogP contribution is -2.24. The fourth-order valence-corrected chi connectivity index (χ4v) is 2.73. The van der Waals surface area contributed by atoms with Crippen molar-refractivity contribution >= 4 is 11.8 Å². The van der Waals surface area contributed by atoms with Crippen LogP contribution in [0.4, 0.5) is 19.0 Å². The Morgan fingerprint density at radius 3 is 2.52 bits per heavy atom. The number of nitrogen functional groups attached to an aromatic ring is 1. The van der Waals surface area contributed by atoms with Crippen molar-refractivity contribution in [1.29, 1.82) is 5.41 Å². The molecule has 0 amide bonds. The molecule has 122 valence electrons. The molecule has 1 aliphatic heterocycles. The van der Waals surface area contributed by atoms with Crippen LogP contribution in [-0.2, 0) is 12.6 Å². The largest absolute Gasteiger partial charge is 0.416 e. The Labute approximate surface area is 130 Å². The Kier molecular flexibility index (Phi) is 3.75. The number of benzene rings is 1. The van der Waals surface area contributed by atoms with E-state index in [4.69, 9.17) is 11.1 Å². The summed E-state index contributed by atoms with van der Waals surface area (Å²) >= 11 is 0. The van der Waals surface area contributed by atoms with Gasteiger partial charge in [-0.1, -0.05) is 12.1 Å². The maximum atomic E-state index is 12.7. The second-order valence-electron chi connectivity index (χ2n) is 5.43. The highest BCUT2D eigenvalue weighted by molar-refractivity contribution is 5.84. The molecule has 1 aromatic carbocycles. The maximum absolute atomic E-state index is 12.7. The number of hydrogen-bond acceptors (Lipinski definition) is 3. The van der Waals surface area contributed by atoms with Crippen LogP contribution in [0, 0.1) is 5.41 Å². The van der Waals surface area contributed by atoms with Gasteiger partial charge in [-0.25, -0.2) is 0 Å². The second-order valence-corrected chi connectivity index (χ2v) is 5.43. The summed E-state index contributed by atoms with van der Waals surface area (Å²) in [6.07, 6.45) is -1.71. The minimum Gasteiger partial charge on any atom is -0.370 e. The number of halogens is 3. The predicted octanol–water partition coefficient (Wildman–Crippen LogP) is 3.06. The number of fused-ring (bicyclic) bond motifs is 1. The second kappa shape index (κ2) is 5.60. The van der Waals surface area contributed by atoms with Crippen LogP contribution < -0.4 is 11.1 Å². The van der Waals surface area contributed by atoms with Crippen LogP contribution >= 0.6 is 0 Å². The third-order valence-corrected chi connectivity index (χ3v) is 3.84.